The van der Waals surface area contributed by atoms with Gasteiger partial charge in [0, 0.05) is 30.4 Å². The number of aromatic nitrogens is 1. The number of anilines is 2. The van der Waals surface area contributed by atoms with Gasteiger partial charge in [0.1, 0.15) is 11.6 Å². The minimum Gasteiger partial charge on any atom is -0.496 e. The number of morpholine rings is 1. The van der Waals surface area contributed by atoms with Crippen LogP contribution in [-0.4, -0.2) is 38.4 Å². The number of benzene rings is 1. The van der Waals surface area contributed by atoms with Gasteiger partial charge < -0.3 is 20.1 Å². The number of nitrogens with two attached hydrogens (primary N) is 1. The third-order valence-electron chi connectivity index (χ3n) is 3.43. The molecule has 0 spiro atoms. The number of ether oxygens (including phenoxy) is 2. The van der Waals surface area contributed by atoms with Crippen LogP contribution < -0.4 is 15.4 Å². The van der Waals surface area contributed by atoms with Gasteiger partial charge in [-0.15, -0.1) is 0 Å². The summed E-state index contributed by atoms with van der Waals surface area (Å²) in [5.74, 6) is 1.73. The molecule has 0 radical (unpaired) electrons. The molecule has 3 rings (SSSR count). The van der Waals surface area contributed by atoms with E-state index in [1.54, 1.807) is 13.3 Å². The maximum absolute atomic E-state index is 6.13. The first-order valence-electron chi connectivity index (χ1n) is 6.35. The molecule has 5 nitrogen and oxygen atoms in total. The first kappa shape index (κ1) is 12.0. The van der Waals surface area contributed by atoms with Gasteiger partial charge in [-0.1, -0.05) is 0 Å². The lowest BCUT2D eigenvalue weighted by Gasteiger charge is -2.29. The Hall–Kier alpha value is -2.01. The Morgan fingerprint density at radius 2 is 2.05 bits per heavy atom. The predicted molar refractivity (Wildman–Crippen MR) is 75.7 cm³/mol. The molecule has 0 atom stereocenters. The van der Waals surface area contributed by atoms with Gasteiger partial charge in [0.05, 0.1) is 25.7 Å². The Morgan fingerprint density at radius 1 is 1.26 bits per heavy atom. The highest BCUT2D eigenvalue weighted by molar-refractivity contribution is 6.04. The van der Waals surface area contributed by atoms with E-state index in [-0.39, 0.29) is 0 Å². The van der Waals surface area contributed by atoms with E-state index in [2.05, 4.69) is 9.88 Å². The topological polar surface area (TPSA) is 60.6 Å². The summed E-state index contributed by atoms with van der Waals surface area (Å²) in [6.07, 6.45) is 1.80. The van der Waals surface area contributed by atoms with Crippen LogP contribution in [0, 0.1) is 0 Å². The van der Waals surface area contributed by atoms with E-state index in [4.69, 9.17) is 15.2 Å². The summed E-state index contributed by atoms with van der Waals surface area (Å²) < 4.78 is 10.8. The Bertz CT molecular complexity index is 595. The van der Waals surface area contributed by atoms with Gasteiger partial charge in [0.15, 0.2) is 0 Å². The van der Waals surface area contributed by atoms with Crippen molar-refractivity contribution in [1.82, 2.24) is 4.98 Å². The van der Waals surface area contributed by atoms with Gasteiger partial charge in [0.25, 0.3) is 0 Å². The van der Waals surface area contributed by atoms with E-state index in [9.17, 15) is 0 Å². The van der Waals surface area contributed by atoms with E-state index in [1.807, 2.05) is 18.2 Å². The molecule has 0 saturated carbocycles. The average molecular weight is 259 g/mol. The molecule has 1 aliphatic rings. The lowest BCUT2D eigenvalue weighted by atomic mass is 10.1. The molecule has 2 aromatic rings. The fourth-order valence-corrected chi connectivity index (χ4v) is 2.47. The number of fused-ring (bicyclic) bond motifs is 1. The molecule has 0 amide bonds. The van der Waals surface area contributed by atoms with Crippen molar-refractivity contribution in [3.05, 3.63) is 24.4 Å². The number of nitrogens with zero attached hydrogens (tertiary/aromatic N) is 2. The first-order chi connectivity index (χ1) is 9.31. The maximum Gasteiger partial charge on any atom is 0.138 e. The fourth-order valence-electron chi connectivity index (χ4n) is 2.47. The number of hydrogen-bond donors (Lipinski definition) is 1. The molecular formula is C14H17N3O2. The van der Waals surface area contributed by atoms with E-state index < -0.39 is 0 Å². The normalized spacial score (nSPS) is 15.7. The van der Waals surface area contributed by atoms with Gasteiger partial charge in [-0.3, -0.25) is 0 Å². The van der Waals surface area contributed by atoms with Crippen LogP contribution in [0.4, 0.5) is 11.5 Å². The molecule has 1 saturated heterocycles. The van der Waals surface area contributed by atoms with E-state index >= 15 is 0 Å². The SMILES string of the molecule is COc1ccc(N)c2c(N3CCOCC3)nccc12. The highest BCUT2D eigenvalue weighted by atomic mass is 16.5. The zero-order chi connectivity index (χ0) is 13.2. The first-order valence-corrected chi connectivity index (χ1v) is 6.35. The van der Waals surface area contributed by atoms with Crippen molar-refractivity contribution in [2.75, 3.05) is 44.0 Å². The third kappa shape index (κ3) is 2.06. The second kappa shape index (κ2) is 4.93. The number of pyridine rings is 1. The van der Waals surface area contributed by atoms with Crippen molar-refractivity contribution in [3.63, 3.8) is 0 Å². The number of nitrogen functional groups attached to an aromatic ring is 1. The Morgan fingerprint density at radius 3 is 2.79 bits per heavy atom. The molecule has 100 valence electrons. The second-order valence-electron chi connectivity index (χ2n) is 4.51. The molecule has 1 aromatic carbocycles. The van der Waals surface area contributed by atoms with Crippen LogP contribution in [0.5, 0.6) is 5.75 Å². The van der Waals surface area contributed by atoms with Crippen molar-refractivity contribution in [1.29, 1.82) is 0 Å². The molecule has 2 N–H and O–H groups in total. The zero-order valence-electron chi connectivity index (χ0n) is 10.9. The van der Waals surface area contributed by atoms with Crippen molar-refractivity contribution in [2.24, 2.45) is 0 Å². The molecule has 1 aromatic heterocycles. The molecule has 0 bridgehead atoms. The van der Waals surface area contributed by atoms with Crippen LogP contribution in [0.2, 0.25) is 0 Å². The second-order valence-corrected chi connectivity index (χ2v) is 4.51. The van der Waals surface area contributed by atoms with E-state index in [0.29, 0.717) is 0 Å². The largest absolute Gasteiger partial charge is 0.496 e. The number of methoxy groups -OCH3 is 1. The highest BCUT2D eigenvalue weighted by Crippen LogP contribution is 2.35. The van der Waals surface area contributed by atoms with Gasteiger partial charge in [-0.2, -0.15) is 0 Å². The van der Waals surface area contributed by atoms with Crippen molar-refractivity contribution in [2.45, 2.75) is 0 Å². The maximum atomic E-state index is 6.13. The van der Waals surface area contributed by atoms with E-state index in [1.165, 1.54) is 0 Å². The summed E-state index contributed by atoms with van der Waals surface area (Å²) in [7, 11) is 1.67. The monoisotopic (exact) mass is 259 g/mol. The molecule has 19 heavy (non-hydrogen) atoms. The molecule has 5 heteroatoms. The van der Waals surface area contributed by atoms with Gasteiger partial charge in [-0.05, 0) is 18.2 Å². The lowest BCUT2D eigenvalue weighted by molar-refractivity contribution is 0.122. The fraction of sp³-hybridized carbons (Fsp3) is 0.357. The van der Waals surface area contributed by atoms with Gasteiger partial charge in [-0.25, -0.2) is 4.98 Å². The number of rotatable bonds is 2. The average Bonchev–Trinajstić information content (AvgIpc) is 2.48. The summed E-state index contributed by atoms with van der Waals surface area (Å²) in [5, 5.41) is 1.96. The Balaban J connectivity index is 2.18. The van der Waals surface area contributed by atoms with Crippen molar-refractivity contribution >= 4 is 22.3 Å². The predicted octanol–water partition coefficient (Wildman–Crippen LogP) is 1.66. The summed E-state index contributed by atoms with van der Waals surface area (Å²) >= 11 is 0. The zero-order valence-corrected chi connectivity index (χ0v) is 10.9. The molecule has 1 aliphatic heterocycles. The standard InChI is InChI=1S/C14H17N3O2/c1-18-12-3-2-11(15)13-10(12)4-5-16-14(13)17-6-8-19-9-7-17/h2-5H,6-9,15H2,1H3. The van der Waals surface area contributed by atoms with Crippen LogP contribution >= 0.6 is 0 Å². The van der Waals surface area contributed by atoms with Crippen molar-refractivity contribution < 1.29 is 9.47 Å². The van der Waals surface area contributed by atoms with Crippen LogP contribution in [0.3, 0.4) is 0 Å². The summed E-state index contributed by atoms with van der Waals surface area (Å²) in [5.41, 5.74) is 6.86. The van der Waals surface area contributed by atoms with Crippen LogP contribution in [0.15, 0.2) is 24.4 Å². The number of hydrogen-bond acceptors (Lipinski definition) is 5. The quantitative estimate of drug-likeness (QED) is 0.831. The summed E-state index contributed by atoms with van der Waals surface area (Å²) in [6.45, 7) is 3.12. The van der Waals surface area contributed by atoms with Gasteiger partial charge >= 0.3 is 0 Å². The molecular weight excluding hydrogens is 242 g/mol. The van der Waals surface area contributed by atoms with Crippen LogP contribution in [-0.2, 0) is 4.74 Å². The molecule has 0 aliphatic carbocycles. The van der Waals surface area contributed by atoms with Crippen LogP contribution in [0.1, 0.15) is 0 Å². The summed E-state index contributed by atoms with van der Waals surface area (Å²) in [6, 6.07) is 5.70. The lowest BCUT2D eigenvalue weighted by Crippen LogP contribution is -2.36. The smallest absolute Gasteiger partial charge is 0.138 e. The summed E-state index contributed by atoms with van der Waals surface area (Å²) in [4.78, 5) is 6.71. The molecule has 2 heterocycles. The highest BCUT2D eigenvalue weighted by Gasteiger charge is 2.17. The minimum absolute atomic E-state index is 0.724. The molecule has 0 unspecified atom stereocenters. The van der Waals surface area contributed by atoms with Crippen molar-refractivity contribution in [3.8, 4) is 5.75 Å². The van der Waals surface area contributed by atoms with E-state index in [0.717, 1.165) is 54.3 Å². The Kier molecular flexibility index (Phi) is 3.13. The molecule has 1 fully saturated rings. The van der Waals surface area contributed by atoms with Crippen LogP contribution in [0.25, 0.3) is 10.8 Å². The minimum atomic E-state index is 0.724. The van der Waals surface area contributed by atoms with Gasteiger partial charge in [0.2, 0.25) is 0 Å². The Labute approximate surface area is 111 Å². The third-order valence-corrected chi connectivity index (χ3v) is 3.43.